The highest BCUT2D eigenvalue weighted by molar-refractivity contribution is 6.02. The van der Waals surface area contributed by atoms with Crippen LogP contribution in [0, 0.1) is 0 Å². The molecular formula is C27H32F2N10O2. The van der Waals surface area contributed by atoms with E-state index in [1.807, 2.05) is 49.0 Å². The molecule has 0 unspecified atom stereocenters. The van der Waals surface area contributed by atoms with Crippen molar-refractivity contribution in [1.29, 1.82) is 0 Å². The molecule has 0 spiro atoms. The van der Waals surface area contributed by atoms with Crippen LogP contribution in [0.1, 0.15) is 0 Å². The van der Waals surface area contributed by atoms with Crippen LogP contribution in [0.3, 0.4) is 0 Å². The lowest BCUT2D eigenvalue weighted by Gasteiger charge is -2.26. The summed E-state index contributed by atoms with van der Waals surface area (Å²) in [7, 11) is 9.36. The van der Waals surface area contributed by atoms with Crippen LogP contribution in [-0.4, -0.2) is 90.5 Å². The van der Waals surface area contributed by atoms with Gasteiger partial charge in [-0.15, -0.1) is 5.10 Å². The van der Waals surface area contributed by atoms with Crippen LogP contribution >= 0.6 is 0 Å². The summed E-state index contributed by atoms with van der Waals surface area (Å²) in [5.74, 6) is 0.550. The van der Waals surface area contributed by atoms with Gasteiger partial charge in [0, 0.05) is 58.8 Å². The van der Waals surface area contributed by atoms with E-state index < -0.39 is 12.5 Å². The number of rotatable bonds is 12. The second kappa shape index (κ2) is 12.6. The highest BCUT2D eigenvalue weighted by Gasteiger charge is 2.20. The van der Waals surface area contributed by atoms with Crippen molar-refractivity contribution < 1.29 is 18.3 Å². The van der Waals surface area contributed by atoms with E-state index in [2.05, 4.69) is 37.3 Å². The first-order valence-electron chi connectivity index (χ1n) is 12.6. The minimum atomic E-state index is -3.09. The van der Waals surface area contributed by atoms with E-state index in [1.165, 1.54) is 18.3 Å². The van der Waals surface area contributed by atoms with Crippen LogP contribution in [0.15, 0.2) is 55.4 Å². The van der Waals surface area contributed by atoms with Gasteiger partial charge in [0.15, 0.2) is 17.4 Å². The Bertz CT molecular complexity index is 1540. The lowest BCUT2D eigenvalue weighted by molar-refractivity contribution is -0.111. The Balaban J connectivity index is 1.76. The number of ether oxygens (including phenoxy) is 1. The zero-order valence-corrected chi connectivity index (χ0v) is 23.5. The molecule has 3 aromatic heterocycles. The number of nitrogens with zero attached hydrogens (tertiary/aromatic N) is 8. The van der Waals surface area contributed by atoms with Crippen LogP contribution in [0.5, 0.6) is 5.75 Å². The maximum Gasteiger partial charge on any atom is 0.387 e. The Morgan fingerprint density at radius 1 is 1.10 bits per heavy atom. The highest BCUT2D eigenvalue weighted by Crippen LogP contribution is 2.39. The number of nitrogens with one attached hydrogen (secondary N) is 2. The summed E-state index contributed by atoms with van der Waals surface area (Å²) >= 11 is 0. The van der Waals surface area contributed by atoms with Crippen LogP contribution < -0.4 is 25.2 Å². The number of likely N-dealkylation sites (N-methyl/N-ethyl adjacent to an activating group) is 2. The predicted octanol–water partition coefficient (Wildman–Crippen LogP) is 3.74. The fourth-order valence-corrected chi connectivity index (χ4v) is 3.99. The van der Waals surface area contributed by atoms with E-state index in [-0.39, 0.29) is 17.4 Å². The largest absolute Gasteiger partial charge is 0.433 e. The molecule has 1 aromatic carbocycles. The van der Waals surface area contributed by atoms with E-state index in [0.29, 0.717) is 41.6 Å². The minimum Gasteiger partial charge on any atom is -0.433 e. The summed E-state index contributed by atoms with van der Waals surface area (Å²) in [6.45, 7) is 1.65. The Morgan fingerprint density at radius 2 is 1.88 bits per heavy atom. The number of anilines is 5. The van der Waals surface area contributed by atoms with Crippen molar-refractivity contribution in [3.05, 3.63) is 55.4 Å². The van der Waals surface area contributed by atoms with Gasteiger partial charge in [-0.1, -0.05) is 6.58 Å². The number of hydrogen-bond donors (Lipinski definition) is 2. The number of fused-ring (bicyclic) bond motifs is 1. The van der Waals surface area contributed by atoms with E-state index in [9.17, 15) is 13.6 Å². The normalized spacial score (nSPS) is 11.1. The van der Waals surface area contributed by atoms with Gasteiger partial charge in [0.25, 0.3) is 0 Å². The van der Waals surface area contributed by atoms with Gasteiger partial charge in [0.1, 0.15) is 5.52 Å². The monoisotopic (exact) mass is 566 g/mol. The zero-order chi connectivity index (χ0) is 29.7. The number of aromatic nitrogens is 5. The molecular weight excluding hydrogens is 534 g/mol. The average Bonchev–Trinajstić information content (AvgIpc) is 3.33. The molecule has 216 valence electrons. The molecule has 2 N–H and O–H groups in total. The third-order valence-corrected chi connectivity index (χ3v) is 6.00. The second-order valence-corrected chi connectivity index (χ2v) is 9.53. The summed E-state index contributed by atoms with van der Waals surface area (Å²) in [5, 5.41) is 10.4. The summed E-state index contributed by atoms with van der Waals surface area (Å²) in [5.41, 5.74) is 2.37. The first kappa shape index (κ1) is 29.1. The lowest BCUT2D eigenvalue weighted by atomic mass is 10.2. The zero-order valence-electron chi connectivity index (χ0n) is 23.5. The Labute approximate surface area is 236 Å². The molecule has 0 bridgehead atoms. The van der Waals surface area contributed by atoms with Gasteiger partial charge in [-0.25, -0.2) is 9.67 Å². The summed E-state index contributed by atoms with van der Waals surface area (Å²) < 4.78 is 33.5. The molecule has 0 atom stereocenters. The van der Waals surface area contributed by atoms with Crippen LogP contribution in [0.2, 0.25) is 0 Å². The average molecular weight is 567 g/mol. The fraction of sp³-hybridized carbons (Fsp3) is 0.296. The molecule has 12 nitrogen and oxygen atoms in total. The van der Waals surface area contributed by atoms with Crippen molar-refractivity contribution in [2.75, 3.05) is 68.8 Å². The number of pyridine rings is 1. The minimum absolute atomic E-state index is 0.0928. The van der Waals surface area contributed by atoms with E-state index in [1.54, 1.807) is 30.1 Å². The SMILES string of the molecule is C=CC(=O)Nc1cc(Nc2nccc(-n3nc(N(C)C)c4ncccc43)n2)c(OC(F)F)cc1N(C)CCN(C)C. The number of amides is 1. The van der Waals surface area contributed by atoms with Gasteiger partial charge >= 0.3 is 6.61 Å². The van der Waals surface area contributed by atoms with Crippen molar-refractivity contribution in [2.45, 2.75) is 6.61 Å². The predicted molar refractivity (Wildman–Crippen MR) is 156 cm³/mol. The van der Waals surface area contributed by atoms with Gasteiger partial charge < -0.3 is 30.1 Å². The Morgan fingerprint density at radius 3 is 2.56 bits per heavy atom. The third kappa shape index (κ3) is 6.84. The van der Waals surface area contributed by atoms with Gasteiger partial charge in [-0.3, -0.25) is 9.78 Å². The summed E-state index contributed by atoms with van der Waals surface area (Å²) in [4.78, 5) is 31.2. The molecule has 14 heteroatoms. The molecule has 0 aliphatic carbocycles. The maximum absolute atomic E-state index is 13.5. The van der Waals surface area contributed by atoms with Crippen molar-refractivity contribution >= 4 is 45.8 Å². The molecule has 0 aliphatic rings. The third-order valence-electron chi connectivity index (χ3n) is 6.00. The van der Waals surface area contributed by atoms with Crippen molar-refractivity contribution in [1.82, 2.24) is 29.6 Å². The van der Waals surface area contributed by atoms with Crippen LogP contribution in [0.4, 0.5) is 37.6 Å². The number of halogens is 2. The Hall–Kier alpha value is -4.85. The van der Waals surface area contributed by atoms with E-state index >= 15 is 0 Å². The van der Waals surface area contributed by atoms with Crippen molar-refractivity contribution in [3.8, 4) is 11.6 Å². The maximum atomic E-state index is 13.5. The molecule has 41 heavy (non-hydrogen) atoms. The van der Waals surface area contributed by atoms with Crippen molar-refractivity contribution in [2.24, 2.45) is 0 Å². The topological polar surface area (TPSA) is 117 Å². The number of alkyl halides is 2. The second-order valence-electron chi connectivity index (χ2n) is 9.53. The fourth-order valence-electron chi connectivity index (χ4n) is 3.99. The van der Waals surface area contributed by atoms with Gasteiger partial charge in [-0.05, 0) is 38.4 Å². The molecule has 0 saturated carbocycles. The lowest BCUT2D eigenvalue weighted by Crippen LogP contribution is -2.29. The number of hydrogen-bond acceptors (Lipinski definition) is 10. The number of carbonyl (C=O) groups is 1. The molecule has 0 saturated heterocycles. The molecule has 4 aromatic rings. The molecule has 4 rings (SSSR count). The quantitative estimate of drug-likeness (QED) is 0.246. The Kier molecular flexibility index (Phi) is 8.92. The standard InChI is InChI=1S/C27H32F2N10O2/c1-7-23(40)32-17-15-18(21(41-26(28)29)16-20(17)38(6)14-13-36(2)3)33-27-31-12-10-22(34-27)39-19-9-8-11-30-24(19)25(35-39)37(4)5/h7-12,15-16,26H,1,13-14H2,2-6H3,(H,32,40)(H,31,33,34). The van der Waals surface area contributed by atoms with Crippen LogP contribution in [-0.2, 0) is 4.79 Å². The molecule has 1 amide bonds. The smallest absolute Gasteiger partial charge is 0.387 e. The van der Waals surface area contributed by atoms with Crippen molar-refractivity contribution in [3.63, 3.8) is 0 Å². The number of benzene rings is 1. The summed E-state index contributed by atoms with van der Waals surface area (Å²) in [6.07, 6.45) is 4.32. The van der Waals surface area contributed by atoms with Gasteiger partial charge in [-0.2, -0.15) is 13.8 Å². The highest BCUT2D eigenvalue weighted by atomic mass is 19.3. The molecule has 0 radical (unpaired) electrons. The van der Waals surface area contributed by atoms with Gasteiger partial charge in [0.05, 0.1) is 22.6 Å². The van der Waals surface area contributed by atoms with E-state index in [0.717, 1.165) is 11.6 Å². The first-order chi connectivity index (χ1) is 19.6. The first-order valence-corrected chi connectivity index (χ1v) is 12.6. The van der Waals surface area contributed by atoms with E-state index in [4.69, 9.17) is 4.74 Å². The van der Waals surface area contributed by atoms with Gasteiger partial charge in [0.2, 0.25) is 11.9 Å². The molecule has 0 aliphatic heterocycles. The summed E-state index contributed by atoms with van der Waals surface area (Å²) in [6, 6.07) is 8.26. The molecule has 3 heterocycles. The van der Waals surface area contributed by atoms with Crippen LogP contribution in [0.25, 0.3) is 16.9 Å². The number of carbonyl (C=O) groups excluding carboxylic acids is 1. The molecule has 0 fully saturated rings.